The highest BCUT2D eigenvalue weighted by atomic mass is 32.2. The summed E-state index contributed by atoms with van der Waals surface area (Å²) in [6.07, 6.45) is 5.93. The lowest BCUT2D eigenvalue weighted by molar-refractivity contribution is -0.120. The first kappa shape index (κ1) is 13.3. The van der Waals surface area contributed by atoms with Crippen LogP contribution in [-0.2, 0) is 9.47 Å². The van der Waals surface area contributed by atoms with Crippen molar-refractivity contribution in [3.8, 4) is 0 Å². The highest BCUT2D eigenvalue weighted by Crippen LogP contribution is 2.28. The van der Waals surface area contributed by atoms with Crippen molar-refractivity contribution in [3.05, 3.63) is 0 Å². The maximum atomic E-state index is 5.23. The number of hydrogen-bond acceptors (Lipinski definition) is 4. The van der Waals surface area contributed by atoms with Gasteiger partial charge in [0.05, 0.1) is 6.04 Å². The van der Waals surface area contributed by atoms with Crippen molar-refractivity contribution in [1.82, 2.24) is 5.32 Å². The summed E-state index contributed by atoms with van der Waals surface area (Å²) in [7, 11) is 3.37. The van der Waals surface area contributed by atoms with Crippen molar-refractivity contribution >= 4 is 11.8 Å². The molecular weight excluding hydrogens is 210 g/mol. The van der Waals surface area contributed by atoms with Gasteiger partial charge in [0.25, 0.3) is 0 Å². The Labute approximate surface area is 97.3 Å². The Balaban J connectivity index is 2.29. The van der Waals surface area contributed by atoms with Crippen LogP contribution < -0.4 is 5.32 Å². The van der Waals surface area contributed by atoms with Crippen molar-refractivity contribution in [3.63, 3.8) is 0 Å². The molecule has 1 saturated carbocycles. The van der Waals surface area contributed by atoms with Gasteiger partial charge in [-0.3, -0.25) is 0 Å². The van der Waals surface area contributed by atoms with E-state index in [1.165, 1.54) is 19.3 Å². The van der Waals surface area contributed by atoms with Gasteiger partial charge in [0.15, 0.2) is 6.29 Å². The molecule has 0 heterocycles. The summed E-state index contributed by atoms with van der Waals surface area (Å²) in [4.78, 5) is 0. The van der Waals surface area contributed by atoms with Crippen molar-refractivity contribution < 1.29 is 9.47 Å². The van der Waals surface area contributed by atoms with Gasteiger partial charge < -0.3 is 14.8 Å². The van der Waals surface area contributed by atoms with Gasteiger partial charge in [-0.25, -0.2) is 0 Å². The van der Waals surface area contributed by atoms with E-state index in [1.807, 2.05) is 11.8 Å². The number of rotatable bonds is 6. The zero-order chi connectivity index (χ0) is 11.3. The molecule has 3 unspecified atom stereocenters. The zero-order valence-electron chi connectivity index (χ0n) is 10.2. The number of ether oxygens (including phenoxy) is 2. The molecule has 1 N–H and O–H groups in total. The molecule has 0 spiro atoms. The minimum atomic E-state index is -0.140. The molecule has 0 aromatic rings. The summed E-state index contributed by atoms with van der Waals surface area (Å²) in [6.45, 7) is 2.12. The van der Waals surface area contributed by atoms with Crippen LogP contribution in [-0.4, -0.2) is 44.1 Å². The molecule has 3 nitrogen and oxygen atoms in total. The summed E-state index contributed by atoms with van der Waals surface area (Å²) >= 11 is 1.98. The van der Waals surface area contributed by atoms with Crippen LogP contribution in [0.5, 0.6) is 0 Å². The van der Waals surface area contributed by atoms with E-state index in [9.17, 15) is 0 Å². The Kier molecular flexibility index (Phi) is 5.97. The van der Waals surface area contributed by atoms with Gasteiger partial charge >= 0.3 is 0 Å². The van der Waals surface area contributed by atoms with Crippen molar-refractivity contribution in [2.45, 2.75) is 49.8 Å². The van der Waals surface area contributed by atoms with E-state index in [2.05, 4.69) is 18.5 Å². The maximum absolute atomic E-state index is 5.23. The van der Waals surface area contributed by atoms with E-state index in [0.29, 0.717) is 6.04 Å². The summed E-state index contributed by atoms with van der Waals surface area (Å²) < 4.78 is 10.5. The Bertz CT molecular complexity index is 176. The van der Waals surface area contributed by atoms with Crippen LogP contribution in [0.25, 0.3) is 0 Å². The second-order valence-electron chi connectivity index (χ2n) is 4.16. The van der Waals surface area contributed by atoms with Gasteiger partial charge in [0, 0.05) is 25.5 Å². The molecule has 1 fully saturated rings. The fourth-order valence-corrected chi connectivity index (χ4v) is 3.06. The van der Waals surface area contributed by atoms with E-state index >= 15 is 0 Å². The van der Waals surface area contributed by atoms with Gasteiger partial charge in [0.2, 0.25) is 0 Å². The molecule has 15 heavy (non-hydrogen) atoms. The molecule has 1 aliphatic carbocycles. The highest BCUT2D eigenvalue weighted by molar-refractivity contribution is 7.99. The molecule has 0 amide bonds. The first-order chi connectivity index (χ1) is 7.21. The molecule has 0 aliphatic heterocycles. The molecular formula is C11H23NO2S. The van der Waals surface area contributed by atoms with Crippen LogP contribution in [0, 0.1) is 0 Å². The Morgan fingerprint density at radius 2 is 1.93 bits per heavy atom. The molecule has 0 aromatic carbocycles. The van der Waals surface area contributed by atoms with Crippen LogP contribution >= 0.6 is 11.8 Å². The average molecular weight is 233 g/mol. The lowest BCUT2D eigenvalue weighted by Gasteiger charge is -2.25. The third kappa shape index (κ3) is 3.94. The average Bonchev–Trinajstić information content (AvgIpc) is 2.67. The molecule has 0 radical (unpaired) electrons. The van der Waals surface area contributed by atoms with E-state index in [-0.39, 0.29) is 12.3 Å². The molecule has 4 heteroatoms. The number of methoxy groups -OCH3 is 2. The lowest BCUT2D eigenvalue weighted by atomic mass is 10.2. The molecule has 90 valence electrons. The number of nitrogens with one attached hydrogen (secondary N) is 1. The van der Waals surface area contributed by atoms with E-state index < -0.39 is 0 Å². The molecule has 0 bridgehead atoms. The third-order valence-electron chi connectivity index (χ3n) is 3.09. The van der Waals surface area contributed by atoms with E-state index in [1.54, 1.807) is 14.2 Å². The van der Waals surface area contributed by atoms with Crippen LogP contribution in [0.4, 0.5) is 0 Å². The van der Waals surface area contributed by atoms with Crippen LogP contribution in [0.3, 0.4) is 0 Å². The standard InChI is InChI=1S/C11H23NO2S/c1-8(11(13-2)14-3)12-9-5-6-10(7-9)15-4/h8-12H,5-7H2,1-4H3. The van der Waals surface area contributed by atoms with Crippen LogP contribution in [0.1, 0.15) is 26.2 Å². The zero-order valence-corrected chi connectivity index (χ0v) is 11.0. The minimum Gasteiger partial charge on any atom is -0.354 e. The first-order valence-electron chi connectivity index (χ1n) is 5.55. The predicted molar refractivity (Wildman–Crippen MR) is 65.3 cm³/mol. The first-order valence-corrected chi connectivity index (χ1v) is 6.84. The predicted octanol–water partition coefficient (Wildman–Crippen LogP) is 1.87. The normalized spacial score (nSPS) is 28.6. The fraction of sp³-hybridized carbons (Fsp3) is 1.00. The summed E-state index contributed by atoms with van der Waals surface area (Å²) in [5.41, 5.74) is 0. The van der Waals surface area contributed by atoms with Crippen molar-refractivity contribution in [2.75, 3.05) is 20.5 Å². The van der Waals surface area contributed by atoms with Crippen molar-refractivity contribution in [2.24, 2.45) is 0 Å². The quantitative estimate of drug-likeness (QED) is 0.710. The molecule has 1 rings (SSSR count). The molecule has 0 aromatic heterocycles. The van der Waals surface area contributed by atoms with Gasteiger partial charge in [0.1, 0.15) is 0 Å². The van der Waals surface area contributed by atoms with Crippen LogP contribution in [0.15, 0.2) is 0 Å². The van der Waals surface area contributed by atoms with E-state index in [4.69, 9.17) is 9.47 Å². The topological polar surface area (TPSA) is 30.5 Å². The van der Waals surface area contributed by atoms with Gasteiger partial charge in [-0.1, -0.05) is 0 Å². The monoisotopic (exact) mass is 233 g/mol. The maximum Gasteiger partial charge on any atom is 0.171 e. The smallest absolute Gasteiger partial charge is 0.171 e. The summed E-state index contributed by atoms with van der Waals surface area (Å²) in [5.74, 6) is 0. The van der Waals surface area contributed by atoms with Gasteiger partial charge in [-0.15, -0.1) is 0 Å². The number of thioether (sulfide) groups is 1. The second kappa shape index (κ2) is 6.74. The minimum absolute atomic E-state index is 0.140. The van der Waals surface area contributed by atoms with Crippen LogP contribution in [0.2, 0.25) is 0 Å². The SMILES string of the molecule is COC(OC)C(C)NC1CCC(SC)C1. The largest absolute Gasteiger partial charge is 0.354 e. The van der Waals surface area contributed by atoms with Crippen molar-refractivity contribution in [1.29, 1.82) is 0 Å². The Morgan fingerprint density at radius 3 is 2.40 bits per heavy atom. The van der Waals surface area contributed by atoms with Gasteiger partial charge in [-0.2, -0.15) is 11.8 Å². The molecule has 1 aliphatic rings. The summed E-state index contributed by atoms with van der Waals surface area (Å²) in [5, 5.41) is 4.41. The number of hydrogen-bond donors (Lipinski definition) is 1. The fourth-order valence-electron chi connectivity index (χ4n) is 2.26. The van der Waals surface area contributed by atoms with Gasteiger partial charge in [-0.05, 0) is 32.4 Å². The third-order valence-corrected chi connectivity index (χ3v) is 4.18. The van der Waals surface area contributed by atoms with E-state index in [0.717, 1.165) is 5.25 Å². The lowest BCUT2D eigenvalue weighted by Crippen LogP contribution is -2.44. The molecule has 0 saturated heterocycles. The Hall–Kier alpha value is 0.230. The Morgan fingerprint density at radius 1 is 1.27 bits per heavy atom. The summed E-state index contributed by atoms with van der Waals surface area (Å²) in [6, 6.07) is 0.885. The molecule has 3 atom stereocenters. The highest BCUT2D eigenvalue weighted by Gasteiger charge is 2.27. The second-order valence-corrected chi connectivity index (χ2v) is 5.30.